The predicted molar refractivity (Wildman–Crippen MR) is 74.4 cm³/mol. The maximum atomic E-state index is 6.01. The van der Waals surface area contributed by atoms with Crippen molar-refractivity contribution in [3.05, 3.63) is 59.9 Å². The molecular weight excluding hydrogens is 222 g/mol. The number of hydrogen-bond donors (Lipinski definition) is 1. The topological polar surface area (TPSA) is 43.8 Å². The van der Waals surface area contributed by atoms with Crippen molar-refractivity contribution >= 4 is 16.7 Å². The van der Waals surface area contributed by atoms with Gasteiger partial charge in [-0.25, -0.2) is 4.98 Å². The first-order valence-electron chi connectivity index (χ1n) is 6.00. The van der Waals surface area contributed by atoms with Gasteiger partial charge in [0.15, 0.2) is 0 Å². The maximum absolute atomic E-state index is 6.01. The van der Waals surface area contributed by atoms with Crippen LogP contribution in [0.4, 0.5) is 5.69 Å². The van der Waals surface area contributed by atoms with Crippen LogP contribution in [-0.2, 0) is 6.54 Å². The first-order chi connectivity index (χ1) is 8.74. The predicted octanol–water partition coefficient (Wildman–Crippen LogP) is 2.98. The van der Waals surface area contributed by atoms with Gasteiger partial charge in [-0.05, 0) is 24.6 Å². The molecule has 0 aliphatic rings. The van der Waals surface area contributed by atoms with Gasteiger partial charge in [-0.15, -0.1) is 0 Å². The van der Waals surface area contributed by atoms with Crippen LogP contribution in [0.1, 0.15) is 11.3 Å². The van der Waals surface area contributed by atoms with E-state index in [2.05, 4.69) is 21.7 Å². The van der Waals surface area contributed by atoms with E-state index >= 15 is 0 Å². The van der Waals surface area contributed by atoms with Crippen molar-refractivity contribution in [1.82, 2.24) is 9.55 Å². The van der Waals surface area contributed by atoms with Crippen LogP contribution in [0.15, 0.2) is 48.7 Å². The van der Waals surface area contributed by atoms with E-state index in [4.69, 9.17) is 5.73 Å². The molecule has 2 N–H and O–H groups in total. The Kier molecular flexibility index (Phi) is 2.52. The number of fused-ring (bicyclic) bond motifs is 1. The van der Waals surface area contributed by atoms with E-state index in [9.17, 15) is 0 Å². The molecule has 0 saturated carbocycles. The van der Waals surface area contributed by atoms with Gasteiger partial charge in [-0.1, -0.05) is 30.3 Å². The fraction of sp³-hybridized carbons (Fsp3) is 0.133. The summed E-state index contributed by atoms with van der Waals surface area (Å²) < 4.78 is 2.13. The molecule has 0 spiro atoms. The molecule has 0 aliphatic heterocycles. The Bertz CT molecular complexity index is 684. The summed E-state index contributed by atoms with van der Waals surface area (Å²) in [7, 11) is 0. The highest BCUT2D eigenvalue weighted by Gasteiger charge is 2.06. The van der Waals surface area contributed by atoms with E-state index in [-0.39, 0.29) is 0 Å². The number of rotatable bonds is 2. The maximum Gasteiger partial charge on any atom is 0.142 e. The van der Waals surface area contributed by atoms with Gasteiger partial charge in [0, 0.05) is 29.5 Å². The molecule has 0 fully saturated rings. The summed E-state index contributed by atoms with van der Waals surface area (Å²) in [6, 6.07) is 14.3. The molecule has 0 saturated heterocycles. The van der Waals surface area contributed by atoms with Crippen molar-refractivity contribution in [2.75, 3.05) is 5.73 Å². The van der Waals surface area contributed by atoms with Gasteiger partial charge >= 0.3 is 0 Å². The molecule has 0 atom stereocenters. The Hall–Kier alpha value is -2.29. The third-order valence-electron chi connectivity index (χ3n) is 3.09. The second kappa shape index (κ2) is 4.18. The summed E-state index contributed by atoms with van der Waals surface area (Å²) in [5, 5.41) is 1.02. The van der Waals surface area contributed by atoms with E-state index in [1.165, 1.54) is 5.56 Å². The number of pyridine rings is 1. The molecule has 0 amide bonds. The number of aryl methyl sites for hydroxylation is 1. The first kappa shape index (κ1) is 10.8. The highest BCUT2D eigenvalue weighted by Crippen LogP contribution is 2.22. The fourth-order valence-corrected chi connectivity index (χ4v) is 2.22. The lowest BCUT2D eigenvalue weighted by Gasteiger charge is -2.06. The normalized spacial score (nSPS) is 10.9. The molecule has 0 bridgehead atoms. The van der Waals surface area contributed by atoms with Crippen molar-refractivity contribution in [2.45, 2.75) is 13.5 Å². The summed E-state index contributed by atoms with van der Waals surface area (Å²) in [5.41, 5.74) is 9.97. The summed E-state index contributed by atoms with van der Waals surface area (Å²) in [5.74, 6) is 0. The number of nitrogen functional groups attached to an aromatic ring is 1. The van der Waals surface area contributed by atoms with Crippen LogP contribution < -0.4 is 5.73 Å². The number of hydrogen-bond acceptors (Lipinski definition) is 2. The monoisotopic (exact) mass is 237 g/mol. The average Bonchev–Trinajstić information content (AvgIpc) is 2.74. The van der Waals surface area contributed by atoms with Gasteiger partial charge in [0.05, 0.1) is 0 Å². The van der Waals surface area contributed by atoms with Crippen molar-refractivity contribution in [3.63, 3.8) is 0 Å². The zero-order chi connectivity index (χ0) is 12.5. The molecule has 3 nitrogen and oxygen atoms in total. The van der Waals surface area contributed by atoms with E-state index in [0.717, 1.165) is 29.0 Å². The minimum absolute atomic E-state index is 0.796. The molecule has 3 heteroatoms. The summed E-state index contributed by atoms with van der Waals surface area (Å²) in [6.45, 7) is 2.79. The second-order valence-electron chi connectivity index (χ2n) is 4.52. The third-order valence-corrected chi connectivity index (χ3v) is 3.09. The van der Waals surface area contributed by atoms with E-state index in [1.807, 2.05) is 43.5 Å². The van der Waals surface area contributed by atoms with E-state index < -0.39 is 0 Å². The molecule has 3 aromatic rings. The van der Waals surface area contributed by atoms with Gasteiger partial charge in [-0.2, -0.15) is 0 Å². The molecular formula is C15H15N3. The second-order valence-corrected chi connectivity index (χ2v) is 4.52. The highest BCUT2D eigenvalue weighted by molar-refractivity contribution is 5.88. The van der Waals surface area contributed by atoms with Crippen LogP contribution >= 0.6 is 0 Å². The van der Waals surface area contributed by atoms with Crippen LogP contribution in [0, 0.1) is 6.92 Å². The molecule has 18 heavy (non-hydrogen) atoms. The smallest absolute Gasteiger partial charge is 0.142 e. The molecule has 0 unspecified atom stereocenters. The van der Waals surface area contributed by atoms with E-state index in [0.29, 0.717) is 0 Å². The average molecular weight is 237 g/mol. The standard InChI is InChI=1S/C15H15N3/c1-11-9-14(16)13-7-8-18(15(13)17-11)10-12-5-3-2-4-6-12/h2-9H,10H2,1H3,(H2,16,17). The summed E-state index contributed by atoms with van der Waals surface area (Å²) in [4.78, 5) is 4.58. The molecule has 90 valence electrons. The Balaban J connectivity index is 2.08. The van der Waals surface area contributed by atoms with Crippen LogP contribution in [0.3, 0.4) is 0 Å². The number of anilines is 1. The Labute approximate surface area is 106 Å². The van der Waals surface area contributed by atoms with E-state index in [1.54, 1.807) is 0 Å². The lowest BCUT2D eigenvalue weighted by molar-refractivity contribution is 0.823. The molecule has 1 aromatic carbocycles. The largest absolute Gasteiger partial charge is 0.398 e. The number of aromatic nitrogens is 2. The zero-order valence-corrected chi connectivity index (χ0v) is 10.3. The number of nitrogens with two attached hydrogens (primary N) is 1. The summed E-state index contributed by atoms with van der Waals surface area (Å²) in [6.07, 6.45) is 2.04. The third kappa shape index (κ3) is 1.84. The quantitative estimate of drug-likeness (QED) is 0.744. The lowest BCUT2D eigenvalue weighted by Crippen LogP contribution is -2.00. The van der Waals surface area contributed by atoms with Gasteiger partial charge in [0.2, 0.25) is 0 Å². The molecule has 0 aliphatic carbocycles. The first-order valence-corrected chi connectivity index (χ1v) is 6.00. The number of nitrogens with zero attached hydrogens (tertiary/aromatic N) is 2. The summed E-state index contributed by atoms with van der Waals surface area (Å²) >= 11 is 0. The van der Waals surface area contributed by atoms with Crippen LogP contribution in [-0.4, -0.2) is 9.55 Å². The molecule has 2 heterocycles. The van der Waals surface area contributed by atoms with Crippen molar-refractivity contribution < 1.29 is 0 Å². The fourth-order valence-electron chi connectivity index (χ4n) is 2.22. The van der Waals surface area contributed by atoms with Gasteiger partial charge in [-0.3, -0.25) is 0 Å². The van der Waals surface area contributed by atoms with Crippen molar-refractivity contribution in [1.29, 1.82) is 0 Å². The van der Waals surface area contributed by atoms with Crippen LogP contribution in [0.2, 0.25) is 0 Å². The Morgan fingerprint density at radius 3 is 2.72 bits per heavy atom. The zero-order valence-electron chi connectivity index (χ0n) is 10.3. The minimum Gasteiger partial charge on any atom is -0.398 e. The van der Waals surface area contributed by atoms with Crippen LogP contribution in [0.25, 0.3) is 11.0 Å². The lowest BCUT2D eigenvalue weighted by atomic mass is 10.2. The highest BCUT2D eigenvalue weighted by atomic mass is 15.0. The van der Waals surface area contributed by atoms with Gasteiger partial charge in [0.25, 0.3) is 0 Å². The molecule has 2 aromatic heterocycles. The molecule has 0 radical (unpaired) electrons. The number of benzene rings is 1. The van der Waals surface area contributed by atoms with Crippen LogP contribution in [0.5, 0.6) is 0 Å². The SMILES string of the molecule is Cc1cc(N)c2ccn(Cc3ccccc3)c2n1. The van der Waals surface area contributed by atoms with Gasteiger partial charge in [0.1, 0.15) is 5.65 Å². The Morgan fingerprint density at radius 1 is 1.17 bits per heavy atom. The van der Waals surface area contributed by atoms with Crippen molar-refractivity contribution in [2.24, 2.45) is 0 Å². The minimum atomic E-state index is 0.796. The van der Waals surface area contributed by atoms with Gasteiger partial charge < -0.3 is 10.3 Å². The molecule has 3 rings (SSSR count). The Morgan fingerprint density at radius 2 is 1.94 bits per heavy atom. The van der Waals surface area contributed by atoms with Crippen molar-refractivity contribution in [3.8, 4) is 0 Å².